The molecule has 0 radical (unpaired) electrons. The third-order valence-corrected chi connectivity index (χ3v) is 7.77. The van der Waals surface area contributed by atoms with Gasteiger partial charge in [0.15, 0.2) is 0 Å². The Bertz CT molecular complexity index is 1310. The van der Waals surface area contributed by atoms with Gasteiger partial charge in [-0.25, -0.2) is 9.59 Å². The molecule has 5 atom stereocenters. The van der Waals surface area contributed by atoms with Crippen molar-refractivity contribution in [3.8, 4) is 0 Å². The van der Waals surface area contributed by atoms with Crippen LogP contribution in [0.1, 0.15) is 105 Å². The Balaban J connectivity index is 2.66. The summed E-state index contributed by atoms with van der Waals surface area (Å²) in [7, 11) is 0. The highest BCUT2D eigenvalue weighted by Crippen LogP contribution is 2.30. The van der Waals surface area contributed by atoms with Gasteiger partial charge in [-0.2, -0.15) is 0 Å². The van der Waals surface area contributed by atoms with E-state index in [1.807, 2.05) is 89.2 Å². The molecule has 9 heteroatoms. The Morgan fingerprint density at radius 2 is 1.35 bits per heavy atom. The van der Waals surface area contributed by atoms with E-state index in [0.717, 1.165) is 11.1 Å². The van der Waals surface area contributed by atoms with E-state index in [-0.39, 0.29) is 12.3 Å². The number of nitrogens with one attached hydrogen (secondary N) is 2. The lowest BCUT2D eigenvalue weighted by molar-refractivity contribution is -0.159. The van der Waals surface area contributed by atoms with E-state index in [1.165, 1.54) is 0 Å². The van der Waals surface area contributed by atoms with Gasteiger partial charge in [-0.15, -0.1) is 0 Å². The van der Waals surface area contributed by atoms with Crippen molar-refractivity contribution in [2.45, 2.75) is 131 Å². The van der Waals surface area contributed by atoms with Crippen LogP contribution in [0.4, 0.5) is 4.79 Å². The van der Waals surface area contributed by atoms with Crippen molar-refractivity contribution in [3.05, 3.63) is 71.3 Å². The first-order valence-corrected chi connectivity index (χ1v) is 16.3. The quantitative estimate of drug-likeness (QED) is 0.237. The molecule has 2 N–H and O–H groups in total. The van der Waals surface area contributed by atoms with Gasteiger partial charge in [-0.1, -0.05) is 81.8 Å². The lowest BCUT2D eigenvalue weighted by atomic mass is 9.92. The number of carbonyl (C=O) groups is 4. The summed E-state index contributed by atoms with van der Waals surface area (Å²) in [6.45, 7) is 20.1. The Hall–Kier alpha value is -3.88. The zero-order chi connectivity index (χ0) is 34.8. The molecule has 2 rings (SSSR count). The van der Waals surface area contributed by atoms with Crippen LogP contribution in [0.25, 0.3) is 0 Å². The van der Waals surface area contributed by atoms with E-state index >= 15 is 0 Å². The van der Waals surface area contributed by atoms with Crippen LogP contribution in [0, 0.1) is 12.8 Å². The second-order valence-corrected chi connectivity index (χ2v) is 14.1. The number of alkyl carbamates (subject to hydrolysis) is 1. The van der Waals surface area contributed by atoms with Crippen molar-refractivity contribution < 1.29 is 28.7 Å². The molecule has 254 valence electrons. The molecule has 2 aromatic carbocycles. The third-order valence-electron chi connectivity index (χ3n) is 7.77. The number of carbonyl (C=O) groups excluding carboxylic acids is 4. The maximum atomic E-state index is 14.7. The van der Waals surface area contributed by atoms with Crippen molar-refractivity contribution in [1.29, 1.82) is 0 Å². The topological polar surface area (TPSA) is 114 Å². The normalized spacial score (nSPS) is 15.0. The van der Waals surface area contributed by atoms with E-state index < -0.39 is 59.2 Å². The molecular weight excluding hydrogens is 582 g/mol. The second kappa shape index (κ2) is 16.6. The summed E-state index contributed by atoms with van der Waals surface area (Å²) in [5.41, 5.74) is 0.737. The summed E-state index contributed by atoms with van der Waals surface area (Å²) in [4.78, 5) is 57.3. The van der Waals surface area contributed by atoms with Gasteiger partial charge >= 0.3 is 12.1 Å². The van der Waals surface area contributed by atoms with Crippen LogP contribution in [0.15, 0.2) is 54.6 Å². The van der Waals surface area contributed by atoms with Crippen LogP contribution < -0.4 is 10.6 Å². The van der Waals surface area contributed by atoms with Crippen LogP contribution in [-0.4, -0.2) is 58.1 Å². The van der Waals surface area contributed by atoms with Gasteiger partial charge in [0.05, 0.1) is 0 Å². The molecule has 0 aliphatic heterocycles. The number of hydrogen-bond donors (Lipinski definition) is 2. The van der Waals surface area contributed by atoms with E-state index in [0.29, 0.717) is 18.4 Å². The van der Waals surface area contributed by atoms with E-state index in [4.69, 9.17) is 9.47 Å². The molecule has 0 aliphatic rings. The first-order chi connectivity index (χ1) is 21.4. The summed E-state index contributed by atoms with van der Waals surface area (Å²) in [5.74, 6) is -1.76. The van der Waals surface area contributed by atoms with Crippen LogP contribution in [0.3, 0.4) is 0 Å². The summed E-state index contributed by atoms with van der Waals surface area (Å²) < 4.78 is 11.2. The Morgan fingerprint density at radius 1 is 0.783 bits per heavy atom. The van der Waals surface area contributed by atoms with Crippen molar-refractivity contribution in [2.24, 2.45) is 5.92 Å². The first-order valence-electron chi connectivity index (χ1n) is 16.3. The summed E-state index contributed by atoms with van der Waals surface area (Å²) in [6.07, 6.45) is 0.634. The highest BCUT2D eigenvalue weighted by Gasteiger charge is 2.41. The highest BCUT2D eigenvalue weighted by atomic mass is 16.6. The number of nitrogens with zero attached hydrogens (tertiary/aromatic N) is 1. The Labute approximate surface area is 275 Å². The largest absolute Gasteiger partial charge is 0.458 e. The smallest absolute Gasteiger partial charge is 0.408 e. The van der Waals surface area contributed by atoms with Gasteiger partial charge in [0, 0.05) is 12.5 Å². The molecule has 3 amide bonds. The predicted octanol–water partition coefficient (Wildman–Crippen LogP) is 6.67. The molecule has 0 aromatic heterocycles. The minimum atomic E-state index is -1.10. The van der Waals surface area contributed by atoms with Crippen LogP contribution in [-0.2, 0) is 30.3 Å². The minimum absolute atomic E-state index is 0.203. The minimum Gasteiger partial charge on any atom is -0.458 e. The van der Waals surface area contributed by atoms with Crippen molar-refractivity contribution in [2.75, 3.05) is 0 Å². The lowest BCUT2D eigenvalue weighted by Crippen LogP contribution is -2.58. The third kappa shape index (κ3) is 11.5. The average Bonchev–Trinajstić information content (AvgIpc) is 2.96. The molecule has 46 heavy (non-hydrogen) atoms. The average molecular weight is 638 g/mol. The Morgan fingerprint density at radius 3 is 1.87 bits per heavy atom. The maximum absolute atomic E-state index is 14.7. The van der Waals surface area contributed by atoms with Gasteiger partial charge in [0.1, 0.15) is 29.3 Å². The molecule has 5 unspecified atom stereocenters. The number of aryl methyl sites for hydroxylation is 1. The number of hydrogen-bond acceptors (Lipinski definition) is 6. The standard InChI is InChI=1S/C37H55N3O6/c1-12-24(3)30(39-35(44)46-37(9,10)11)33(42)40(26(5)13-2)31(28-22-18-17-19-25(28)4)32(41)38-29(34(43)45-36(6,7)8)23-27-20-15-14-16-21-27/h14-22,24,26,29-31H,12-13,23H2,1-11H3,(H,38,41)(H,39,44). The van der Waals surface area contributed by atoms with Crippen LogP contribution in [0.5, 0.6) is 0 Å². The molecule has 0 aliphatic carbocycles. The zero-order valence-electron chi connectivity index (χ0n) is 29.6. The second-order valence-electron chi connectivity index (χ2n) is 14.1. The van der Waals surface area contributed by atoms with Gasteiger partial charge in [0.25, 0.3) is 0 Å². The van der Waals surface area contributed by atoms with Gasteiger partial charge in [-0.05, 0) is 84.4 Å². The highest BCUT2D eigenvalue weighted by molar-refractivity contribution is 5.94. The SMILES string of the molecule is CCC(C)C(NC(=O)OC(C)(C)C)C(=O)N(C(C)CC)C(C(=O)NC(Cc1ccccc1)C(=O)OC(C)(C)C)c1ccccc1C. The van der Waals surface area contributed by atoms with Crippen molar-refractivity contribution in [3.63, 3.8) is 0 Å². The summed E-state index contributed by atoms with van der Waals surface area (Å²) in [6, 6.07) is 13.3. The number of amides is 3. The van der Waals surface area contributed by atoms with Crippen LogP contribution in [0.2, 0.25) is 0 Å². The lowest BCUT2D eigenvalue weighted by Gasteiger charge is -2.40. The molecule has 0 spiro atoms. The number of rotatable bonds is 13. The molecule has 0 saturated heterocycles. The van der Waals surface area contributed by atoms with Crippen molar-refractivity contribution >= 4 is 23.9 Å². The van der Waals surface area contributed by atoms with Gasteiger partial charge < -0.3 is 25.0 Å². The molecular formula is C37H55N3O6. The first kappa shape index (κ1) is 38.3. The monoisotopic (exact) mass is 637 g/mol. The number of ether oxygens (including phenoxy) is 2. The fourth-order valence-electron chi connectivity index (χ4n) is 5.05. The van der Waals surface area contributed by atoms with E-state index in [9.17, 15) is 19.2 Å². The molecule has 2 aromatic rings. The molecule has 9 nitrogen and oxygen atoms in total. The Kier molecular flexibility index (Phi) is 13.8. The maximum Gasteiger partial charge on any atom is 0.408 e. The van der Waals surface area contributed by atoms with E-state index in [2.05, 4.69) is 10.6 Å². The van der Waals surface area contributed by atoms with Gasteiger partial charge in [-0.3, -0.25) is 9.59 Å². The number of esters is 1. The zero-order valence-corrected chi connectivity index (χ0v) is 29.6. The predicted molar refractivity (Wildman–Crippen MR) is 181 cm³/mol. The fourth-order valence-corrected chi connectivity index (χ4v) is 5.05. The van der Waals surface area contributed by atoms with Crippen molar-refractivity contribution in [1.82, 2.24) is 15.5 Å². The fraction of sp³-hybridized carbons (Fsp3) is 0.568. The molecule has 0 saturated carbocycles. The summed E-state index contributed by atoms with van der Waals surface area (Å²) >= 11 is 0. The van der Waals surface area contributed by atoms with E-state index in [1.54, 1.807) is 46.4 Å². The molecule has 0 bridgehead atoms. The van der Waals surface area contributed by atoms with Crippen LogP contribution >= 0.6 is 0 Å². The molecule has 0 heterocycles. The van der Waals surface area contributed by atoms with Gasteiger partial charge in [0.2, 0.25) is 11.8 Å². The molecule has 0 fully saturated rings. The summed E-state index contributed by atoms with van der Waals surface area (Å²) in [5, 5.41) is 5.77. The number of benzene rings is 2.